The Morgan fingerprint density at radius 3 is 2.22 bits per heavy atom. The molecule has 0 unspecified atom stereocenters. The number of hydrogen-bond donors (Lipinski definition) is 2. The number of anilines is 1. The van der Waals surface area contributed by atoms with Gasteiger partial charge in [-0.1, -0.05) is 12.1 Å². The molecule has 2 bridgehead atoms. The summed E-state index contributed by atoms with van der Waals surface area (Å²) in [5.74, 6) is -0.637. The molecule has 4 nitrogen and oxygen atoms in total. The highest BCUT2D eigenvalue weighted by atomic mass is 19.4. The second-order valence-corrected chi connectivity index (χ2v) is 6.64. The van der Waals surface area contributed by atoms with Crippen LogP contribution in [0.15, 0.2) is 24.3 Å². The zero-order valence-electron chi connectivity index (χ0n) is 12.6. The van der Waals surface area contributed by atoms with E-state index in [-0.39, 0.29) is 17.1 Å². The molecular weight excluding hydrogens is 309 g/mol. The van der Waals surface area contributed by atoms with Gasteiger partial charge in [0.05, 0.1) is 5.69 Å². The number of rotatable bonds is 3. The van der Waals surface area contributed by atoms with E-state index in [4.69, 9.17) is 5.73 Å². The molecule has 0 heterocycles. The van der Waals surface area contributed by atoms with Crippen molar-refractivity contribution in [2.45, 2.75) is 50.4 Å². The van der Waals surface area contributed by atoms with Crippen LogP contribution in [0, 0.1) is 5.41 Å². The van der Waals surface area contributed by atoms with Crippen molar-refractivity contribution in [3.63, 3.8) is 0 Å². The topological polar surface area (TPSA) is 64.4 Å². The van der Waals surface area contributed by atoms with E-state index in [1.54, 1.807) is 6.07 Å². The third-order valence-electron chi connectivity index (χ3n) is 5.15. The van der Waals surface area contributed by atoms with Crippen molar-refractivity contribution in [2.24, 2.45) is 11.1 Å². The Morgan fingerprint density at radius 2 is 1.65 bits per heavy atom. The first kappa shape index (κ1) is 16.1. The number of para-hydroxylation sites is 2. The summed E-state index contributed by atoms with van der Waals surface area (Å²) in [6, 6.07) is 5.59. The Balaban J connectivity index is 1.76. The van der Waals surface area contributed by atoms with Gasteiger partial charge in [0, 0.05) is 11.0 Å². The van der Waals surface area contributed by atoms with E-state index in [9.17, 15) is 18.0 Å². The number of ether oxygens (including phenoxy) is 1. The molecule has 3 aliphatic rings. The summed E-state index contributed by atoms with van der Waals surface area (Å²) in [6.45, 7) is 0. The summed E-state index contributed by atoms with van der Waals surface area (Å²) in [5, 5.41) is 2.63. The molecule has 126 valence electrons. The highest BCUT2D eigenvalue weighted by Gasteiger charge is 2.50. The van der Waals surface area contributed by atoms with Crippen molar-refractivity contribution in [3.8, 4) is 5.75 Å². The maximum atomic E-state index is 12.7. The maximum Gasteiger partial charge on any atom is 0.573 e. The minimum absolute atomic E-state index is 0.0411. The molecule has 0 saturated heterocycles. The number of hydrogen-bond acceptors (Lipinski definition) is 3. The van der Waals surface area contributed by atoms with Gasteiger partial charge in [-0.2, -0.15) is 0 Å². The molecule has 3 saturated carbocycles. The van der Waals surface area contributed by atoms with E-state index < -0.39 is 17.5 Å². The van der Waals surface area contributed by atoms with Gasteiger partial charge in [-0.25, -0.2) is 0 Å². The van der Waals surface area contributed by atoms with Crippen LogP contribution in [0.2, 0.25) is 0 Å². The predicted molar refractivity (Wildman–Crippen MR) is 78.8 cm³/mol. The molecular formula is C16H19F3N2O2. The van der Waals surface area contributed by atoms with Crippen molar-refractivity contribution in [3.05, 3.63) is 24.3 Å². The third kappa shape index (κ3) is 3.29. The number of fused-ring (bicyclic) bond motifs is 3. The summed E-state index contributed by atoms with van der Waals surface area (Å²) in [6.07, 6.45) is -0.426. The van der Waals surface area contributed by atoms with Crippen LogP contribution in [0.5, 0.6) is 5.75 Å². The Kier molecular flexibility index (Phi) is 3.78. The van der Waals surface area contributed by atoms with Gasteiger partial charge in [0.15, 0.2) is 5.75 Å². The molecule has 3 fully saturated rings. The molecule has 7 heteroatoms. The molecule has 0 aromatic heterocycles. The molecule has 1 aromatic rings. The van der Waals surface area contributed by atoms with E-state index in [2.05, 4.69) is 10.1 Å². The van der Waals surface area contributed by atoms with Crippen molar-refractivity contribution in [1.29, 1.82) is 0 Å². The van der Waals surface area contributed by atoms with Gasteiger partial charge in [-0.15, -0.1) is 13.2 Å². The van der Waals surface area contributed by atoms with Crippen molar-refractivity contribution < 1.29 is 22.7 Å². The van der Waals surface area contributed by atoms with Gasteiger partial charge in [0.2, 0.25) is 5.91 Å². The summed E-state index contributed by atoms with van der Waals surface area (Å²) in [7, 11) is 0. The van der Waals surface area contributed by atoms with E-state index in [1.807, 2.05) is 0 Å². The zero-order valence-corrected chi connectivity index (χ0v) is 12.6. The van der Waals surface area contributed by atoms with Crippen molar-refractivity contribution in [1.82, 2.24) is 0 Å². The molecule has 0 aliphatic heterocycles. The van der Waals surface area contributed by atoms with Gasteiger partial charge < -0.3 is 15.8 Å². The molecule has 1 amide bonds. The summed E-state index contributed by atoms with van der Waals surface area (Å²) in [4.78, 5) is 12.7. The number of nitrogens with one attached hydrogen (secondary N) is 1. The van der Waals surface area contributed by atoms with Crippen molar-refractivity contribution >= 4 is 11.6 Å². The minimum atomic E-state index is -4.80. The number of benzene rings is 1. The largest absolute Gasteiger partial charge is 0.573 e. The monoisotopic (exact) mass is 328 g/mol. The molecule has 3 N–H and O–H groups in total. The number of carbonyl (C=O) groups excluding carboxylic acids is 1. The van der Waals surface area contributed by atoms with Gasteiger partial charge in [-0.05, 0) is 50.7 Å². The van der Waals surface area contributed by atoms with Gasteiger partial charge in [0.1, 0.15) is 0 Å². The maximum absolute atomic E-state index is 12.7. The van der Waals surface area contributed by atoms with Crippen LogP contribution in [0.25, 0.3) is 0 Å². The summed E-state index contributed by atoms with van der Waals surface area (Å²) < 4.78 is 41.3. The van der Waals surface area contributed by atoms with E-state index >= 15 is 0 Å². The lowest BCUT2D eigenvalue weighted by Crippen LogP contribution is -2.55. The molecule has 23 heavy (non-hydrogen) atoms. The average Bonchev–Trinajstić information content (AvgIpc) is 2.49. The van der Waals surface area contributed by atoms with Crippen molar-refractivity contribution in [2.75, 3.05) is 5.32 Å². The van der Waals surface area contributed by atoms with Crippen LogP contribution in [0.4, 0.5) is 18.9 Å². The van der Waals surface area contributed by atoms with Crippen LogP contribution in [0.3, 0.4) is 0 Å². The van der Waals surface area contributed by atoms with Crippen LogP contribution in [-0.2, 0) is 4.79 Å². The SMILES string of the molecule is NC12CCC(C(=O)Nc3ccccc3OC(F)(F)F)(CC1)CC2. The number of amides is 1. The van der Waals surface area contributed by atoms with E-state index in [0.717, 1.165) is 19.3 Å². The van der Waals surface area contributed by atoms with Gasteiger partial charge in [0.25, 0.3) is 0 Å². The number of carbonyl (C=O) groups is 1. The predicted octanol–water partition coefficient (Wildman–Crippen LogP) is 3.58. The molecule has 4 rings (SSSR count). The highest BCUT2D eigenvalue weighted by molar-refractivity contribution is 5.96. The smallest absolute Gasteiger partial charge is 0.404 e. The first-order chi connectivity index (χ1) is 10.7. The lowest BCUT2D eigenvalue weighted by Gasteiger charge is -2.50. The fraction of sp³-hybridized carbons (Fsp3) is 0.562. The average molecular weight is 328 g/mol. The Labute approximate surface area is 132 Å². The van der Waals surface area contributed by atoms with Crippen LogP contribution in [0.1, 0.15) is 38.5 Å². The second-order valence-electron chi connectivity index (χ2n) is 6.64. The number of nitrogens with two attached hydrogens (primary N) is 1. The highest BCUT2D eigenvalue weighted by Crippen LogP contribution is 2.52. The second kappa shape index (κ2) is 5.40. The van der Waals surface area contributed by atoms with Crippen LogP contribution >= 0.6 is 0 Å². The molecule has 1 aromatic carbocycles. The molecule has 0 spiro atoms. The Morgan fingerprint density at radius 1 is 1.09 bits per heavy atom. The Bertz CT molecular complexity index is 591. The normalized spacial score (nSPS) is 30.1. The zero-order chi connectivity index (χ0) is 16.7. The molecule has 0 atom stereocenters. The first-order valence-electron chi connectivity index (χ1n) is 7.67. The third-order valence-corrected chi connectivity index (χ3v) is 5.15. The van der Waals surface area contributed by atoms with Crippen LogP contribution in [-0.4, -0.2) is 17.8 Å². The van der Waals surface area contributed by atoms with E-state index in [1.165, 1.54) is 18.2 Å². The summed E-state index contributed by atoms with van der Waals surface area (Å²) in [5.41, 5.74) is 5.58. The standard InChI is InChI=1S/C16H19F3N2O2/c17-16(18,19)23-12-4-2-1-3-11(12)21-13(22)14-5-8-15(20,9-6-14)10-7-14/h1-4H,5-10,20H2,(H,21,22). The first-order valence-corrected chi connectivity index (χ1v) is 7.67. The lowest BCUT2D eigenvalue weighted by molar-refractivity contribution is -0.274. The number of halogens is 3. The fourth-order valence-electron chi connectivity index (χ4n) is 3.59. The molecule has 0 radical (unpaired) electrons. The fourth-order valence-corrected chi connectivity index (χ4v) is 3.59. The lowest BCUT2D eigenvalue weighted by atomic mass is 9.57. The minimum Gasteiger partial charge on any atom is -0.404 e. The molecule has 3 aliphatic carbocycles. The Hall–Kier alpha value is -1.76. The van der Waals surface area contributed by atoms with Gasteiger partial charge >= 0.3 is 6.36 Å². The summed E-state index contributed by atoms with van der Waals surface area (Å²) >= 11 is 0. The quantitative estimate of drug-likeness (QED) is 0.891. The number of alkyl halides is 3. The van der Waals surface area contributed by atoms with Gasteiger partial charge in [-0.3, -0.25) is 4.79 Å². The van der Waals surface area contributed by atoms with Crippen LogP contribution < -0.4 is 15.8 Å². The van der Waals surface area contributed by atoms with E-state index in [0.29, 0.717) is 19.3 Å².